The summed E-state index contributed by atoms with van der Waals surface area (Å²) in [7, 11) is 1.96. The van der Waals surface area contributed by atoms with Crippen LogP contribution in [0.5, 0.6) is 5.75 Å². The van der Waals surface area contributed by atoms with E-state index in [0.29, 0.717) is 5.92 Å². The van der Waals surface area contributed by atoms with E-state index >= 15 is 0 Å². The summed E-state index contributed by atoms with van der Waals surface area (Å²) in [6, 6.07) is 6.46. The zero-order chi connectivity index (χ0) is 12.0. The Labute approximate surface area is 111 Å². The zero-order valence-electron chi connectivity index (χ0n) is 11.2. The van der Waals surface area contributed by atoms with Gasteiger partial charge in [-0.15, -0.1) is 12.4 Å². The first-order chi connectivity index (χ1) is 7.65. The van der Waals surface area contributed by atoms with Crippen molar-refractivity contribution in [3.05, 3.63) is 29.3 Å². The molecule has 0 saturated carbocycles. The molecule has 0 aliphatic heterocycles. The van der Waals surface area contributed by atoms with Crippen molar-refractivity contribution in [3.8, 4) is 5.75 Å². The number of hydrogen-bond donors (Lipinski definition) is 1. The van der Waals surface area contributed by atoms with Crippen LogP contribution in [0.3, 0.4) is 0 Å². The van der Waals surface area contributed by atoms with E-state index in [4.69, 9.17) is 4.74 Å². The lowest BCUT2D eigenvalue weighted by Gasteiger charge is -2.14. The Morgan fingerprint density at radius 3 is 2.59 bits per heavy atom. The van der Waals surface area contributed by atoms with Gasteiger partial charge in [-0.25, -0.2) is 0 Å². The van der Waals surface area contributed by atoms with E-state index < -0.39 is 0 Å². The Morgan fingerprint density at radius 2 is 2.00 bits per heavy atom. The van der Waals surface area contributed by atoms with Crippen molar-refractivity contribution < 1.29 is 4.74 Å². The lowest BCUT2D eigenvalue weighted by Crippen LogP contribution is -2.12. The van der Waals surface area contributed by atoms with E-state index in [1.165, 1.54) is 11.1 Å². The minimum absolute atomic E-state index is 0. The molecule has 2 nitrogen and oxygen atoms in total. The van der Waals surface area contributed by atoms with E-state index in [-0.39, 0.29) is 12.4 Å². The maximum atomic E-state index is 5.84. The maximum Gasteiger partial charge on any atom is 0.122 e. The monoisotopic (exact) mass is 257 g/mol. The first-order valence-corrected chi connectivity index (χ1v) is 6.03. The zero-order valence-corrected chi connectivity index (χ0v) is 12.1. The van der Waals surface area contributed by atoms with Crippen LogP contribution in [0.15, 0.2) is 18.2 Å². The van der Waals surface area contributed by atoms with Gasteiger partial charge in [0.25, 0.3) is 0 Å². The molecule has 0 amide bonds. The molecule has 0 aliphatic rings. The fourth-order valence-corrected chi connectivity index (χ4v) is 1.67. The van der Waals surface area contributed by atoms with E-state index in [0.717, 1.165) is 25.3 Å². The van der Waals surface area contributed by atoms with Crippen molar-refractivity contribution >= 4 is 12.4 Å². The number of benzene rings is 1. The Kier molecular flexibility index (Phi) is 8.01. The molecule has 1 aromatic rings. The van der Waals surface area contributed by atoms with Crippen LogP contribution in [0, 0.1) is 6.92 Å². The molecule has 1 aromatic carbocycles. The van der Waals surface area contributed by atoms with Gasteiger partial charge in [0, 0.05) is 0 Å². The average molecular weight is 258 g/mol. The summed E-state index contributed by atoms with van der Waals surface area (Å²) in [6.45, 7) is 8.29. The van der Waals surface area contributed by atoms with Crippen molar-refractivity contribution in [3.63, 3.8) is 0 Å². The predicted octanol–water partition coefficient (Wildman–Crippen LogP) is 3.53. The maximum absolute atomic E-state index is 5.84. The smallest absolute Gasteiger partial charge is 0.122 e. The van der Waals surface area contributed by atoms with Gasteiger partial charge >= 0.3 is 0 Å². The van der Waals surface area contributed by atoms with E-state index in [2.05, 4.69) is 44.3 Å². The number of nitrogens with one attached hydrogen (secondary N) is 1. The topological polar surface area (TPSA) is 21.3 Å². The highest BCUT2D eigenvalue weighted by Gasteiger charge is 2.07. The van der Waals surface area contributed by atoms with Crippen molar-refractivity contribution in [1.82, 2.24) is 5.32 Å². The molecule has 0 fully saturated rings. The summed E-state index contributed by atoms with van der Waals surface area (Å²) < 4.78 is 5.84. The summed E-state index contributed by atoms with van der Waals surface area (Å²) in [6.07, 6.45) is 1.04. The first kappa shape index (κ1) is 16.3. The fourth-order valence-electron chi connectivity index (χ4n) is 1.67. The van der Waals surface area contributed by atoms with Crippen molar-refractivity contribution in [2.45, 2.75) is 33.1 Å². The molecule has 3 heteroatoms. The Balaban J connectivity index is 0.00000256. The standard InChI is InChI=1S/C14H23NO.ClH/c1-11(2)13-7-6-12(3)10-14(13)16-9-5-8-15-4;/h6-7,10-11,15H,5,8-9H2,1-4H3;1H. The highest BCUT2D eigenvalue weighted by atomic mass is 35.5. The number of aryl methyl sites for hydroxylation is 1. The summed E-state index contributed by atoms with van der Waals surface area (Å²) in [5.41, 5.74) is 2.56. The molecule has 0 bridgehead atoms. The van der Waals surface area contributed by atoms with Crippen LogP contribution in [-0.2, 0) is 0 Å². The van der Waals surface area contributed by atoms with Gasteiger partial charge < -0.3 is 10.1 Å². The SMILES string of the molecule is CNCCCOc1cc(C)ccc1C(C)C.Cl. The number of rotatable bonds is 6. The fraction of sp³-hybridized carbons (Fsp3) is 0.571. The second kappa shape index (κ2) is 8.37. The highest BCUT2D eigenvalue weighted by Crippen LogP contribution is 2.27. The van der Waals surface area contributed by atoms with Gasteiger partial charge in [0.1, 0.15) is 5.75 Å². The summed E-state index contributed by atoms with van der Waals surface area (Å²) in [4.78, 5) is 0. The second-order valence-corrected chi connectivity index (χ2v) is 4.50. The Morgan fingerprint density at radius 1 is 1.29 bits per heavy atom. The van der Waals surface area contributed by atoms with Gasteiger partial charge in [0.15, 0.2) is 0 Å². The van der Waals surface area contributed by atoms with E-state index in [9.17, 15) is 0 Å². The molecule has 0 heterocycles. The summed E-state index contributed by atoms with van der Waals surface area (Å²) in [5, 5.41) is 3.12. The molecule has 0 radical (unpaired) electrons. The second-order valence-electron chi connectivity index (χ2n) is 4.50. The molecule has 0 aliphatic carbocycles. The lowest BCUT2D eigenvalue weighted by molar-refractivity contribution is 0.305. The van der Waals surface area contributed by atoms with E-state index in [1.807, 2.05) is 7.05 Å². The van der Waals surface area contributed by atoms with Crippen LogP contribution >= 0.6 is 12.4 Å². The minimum Gasteiger partial charge on any atom is -0.493 e. The number of ether oxygens (including phenoxy) is 1. The quantitative estimate of drug-likeness (QED) is 0.788. The van der Waals surface area contributed by atoms with Gasteiger partial charge in [-0.3, -0.25) is 0 Å². The third-order valence-corrected chi connectivity index (χ3v) is 2.62. The number of halogens is 1. The number of hydrogen-bond acceptors (Lipinski definition) is 2. The van der Waals surface area contributed by atoms with Gasteiger partial charge in [0.05, 0.1) is 6.61 Å². The van der Waals surface area contributed by atoms with Gasteiger partial charge in [0.2, 0.25) is 0 Å². The third kappa shape index (κ3) is 5.42. The highest BCUT2D eigenvalue weighted by molar-refractivity contribution is 5.85. The molecule has 0 unspecified atom stereocenters. The Bertz CT molecular complexity index is 326. The van der Waals surface area contributed by atoms with Crippen LogP contribution in [0.4, 0.5) is 0 Å². The molecule has 0 aromatic heterocycles. The minimum atomic E-state index is 0. The van der Waals surface area contributed by atoms with Gasteiger partial charge in [-0.05, 0) is 50.0 Å². The molecule has 0 atom stereocenters. The largest absolute Gasteiger partial charge is 0.493 e. The van der Waals surface area contributed by atoms with Crippen LogP contribution in [0.2, 0.25) is 0 Å². The lowest BCUT2D eigenvalue weighted by atomic mass is 10.0. The molecule has 0 saturated heterocycles. The van der Waals surface area contributed by atoms with Crippen LogP contribution in [0.25, 0.3) is 0 Å². The average Bonchev–Trinajstić information content (AvgIpc) is 2.24. The van der Waals surface area contributed by atoms with Gasteiger partial charge in [-0.2, -0.15) is 0 Å². The normalized spacial score (nSPS) is 10.2. The van der Waals surface area contributed by atoms with Crippen molar-refractivity contribution in [2.75, 3.05) is 20.2 Å². The van der Waals surface area contributed by atoms with Crippen molar-refractivity contribution in [1.29, 1.82) is 0 Å². The van der Waals surface area contributed by atoms with Gasteiger partial charge in [-0.1, -0.05) is 26.0 Å². The summed E-state index contributed by atoms with van der Waals surface area (Å²) in [5.74, 6) is 1.56. The molecular weight excluding hydrogens is 234 g/mol. The van der Waals surface area contributed by atoms with E-state index in [1.54, 1.807) is 0 Å². The molecule has 17 heavy (non-hydrogen) atoms. The molecule has 1 N–H and O–H groups in total. The van der Waals surface area contributed by atoms with Crippen LogP contribution < -0.4 is 10.1 Å². The predicted molar refractivity (Wildman–Crippen MR) is 76.6 cm³/mol. The molecule has 1 rings (SSSR count). The van der Waals surface area contributed by atoms with Crippen LogP contribution in [0.1, 0.15) is 37.3 Å². The molecular formula is C14H24ClNO. The van der Waals surface area contributed by atoms with Crippen molar-refractivity contribution in [2.24, 2.45) is 0 Å². The van der Waals surface area contributed by atoms with Crippen LogP contribution in [-0.4, -0.2) is 20.2 Å². The third-order valence-electron chi connectivity index (χ3n) is 2.62. The molecule has 98 valence electrons. The Hall–Kier alpha value is -0.730. The summed E-state index contributed by atoms with van der Waals surface area (Å²) >= 11 is 0. The molecule has 0 spiro atoms. The first-order valence-electron chi connectivity index (χ1n) is 6.03.